The molecule has 0 N–H and O–H groups in total. The lowest BCUT2D eigenvalue weighted by Crippen LogP contribution is -2.30. The summed E-state index contributed by atoms with van der Waals surface area (Å²) >= 11 is 5.32. The van der Waals surface area contributed by atoms with Crippen molar-refractivity contribution in [2.45, 2.75) is 25.1 Å². The Hall–Kier alpha value is -1.26. The van der Waals surface area contributed by atoms with Crippen molar-refractivity contribution in [1.29, 1.82) is 0 Å². The maximum absolute atomic E-state index is 12.7. The number of hydrogen-bond donors (Lipinski definition) is 0. The van der Waals surface area contributed by atoms with Crippen molar-refractivity contribution < 1.29 is 4.79 Å². The highest BCUT2D eigenvalue weighted by molar-refractivity contribution is 9.10. The van der Waals surface area contributed by atoms with Crippen molar-refractivity contribution >= 4 is 33.6 Å². The third-order valence-corrected chi connectivity index (χ3v) is 5.87. The zero-order valence-corrected chi connectivity index (χ0v) is 15.6. The monoisotopic (exact) mass is 389 g/mol. The molecule has 0 aliphatic carbocycles. The lowest BCUT2D eigenvalue weighted by molar-refractivity contribution is -0.131. The largest absolute Gasteiger partial charge is 0.326 e. The minimum atomic E-state index is 0.160. The van der Waals surface area contributed by atoms with Gasteiger partial charge in [0.15, 0.2) is 0 Å². The van der Waals surface area contributed by atoms with E-state index in [-0.39, 0.29) is 11.3 Å². The van der Waals surface area contributed by atoms with E-state index in [1.54, 1.807) is 0 Å². The van der Waals surface area contributed by atoms with Crippen LogP contribution in [0.1, 0.15) is 28.5 Å². The van der Waals surface area contributed by atoms with Crippen LogP contribution in [-0.4, -0.2) is 23.1 Å². The van der Waals surface area contributed by atoms with E-state index in [0.717, 1.165) is 23.2 Å². The Morgan fingerprint density at radius 3 is 2.78 bits per heavy atom. The van der Waals surface area contributed by atoms with Crippen molar-refractivity contribution in [2.75, 3.05) is 12.3 Å². The lowest BCUT2D eigenvalue weighted by atomic mass is 10.1. The summed E-state index contributed by atoms with van der Waals surface area (Å²) < 4.78 is 1.07. The fourth-order valence-electron chi connectivity index (χ4n) is 2.89. The third-order valence-electron chi connectivity index (χ3n) is 4.08. The van der Waals surface area contributed by atoms with Crippen molar-refractivity contribution in [1.82, 2.24) is 4.90 Å². The number of carbonyl (C=O) groups is 1. The second-order valence-corrected chi connectivity index (χ2v) is 7.95. The van der Waals surface area contributed by atoms with Crippen LogP contribution in [0, 0.1) is 6.92 Å². The van der Waals surface area contributed by atoms with Gasteiger partial charge in [0.25, 0.3) is 0 Å². The number of carbonyl (C=O) groups excluding carboxylic acids is 1. The van der Waals surface area contributed by atoms with Crippen LogP contribution < -0.4 is 0 Å². The van der Waals surface area contributed by atoms with E-state index in [1.165, 1.54) is 16.7 Å². The van der Waals surface area contributed by atoms with E-state index in [9.17, 15) is 4.79 Å². The molecule has 1 saturated heterocycles. The van der Waals surface area contributed by atoms with Crippen LogP contribution in [0.4, 0.5) is 0 Å². The summed E-state index contributed by atoms with van der Waals surface area (Å²) in [5.74, 6) is 1.26. The molecular formula is C19H20BrNOS. The van der Waals surface area contributed by atoms with Gasteiger partial charge in [-0.1, -0.05) is 57.9 Å². The second kappa shape index (κ2) is 7.54. The molecular weight excluding hydrogens is 370 g/mol. The molecule has 1 amide bonds. The summed E-state index contributed by atoms with van der Waals surface area (Å²) in [6.45, 7) is 2.93. The first-order chi connectivity index (χ1) is 11.1. The van der Waals surface area contributed by atoms with Crippen LogP contribution in [0.25, 0.3) is 0 Å². The van der Waals surface area contributed by atoms with Gasteiger partial charge in [0.2, 0.25) is 5.91 Å². The van der Waals surface area contributed by atoms with E-state index >= 15 is 0 Å². The average molecular weight is 390 g/mol. The molecule has 0 radical (unpaired) electrons. The first-order valence-corrected chi connectivity index (χ1v) is 9.70. The summed E-state index contributed by atoms with van der Waals surface area (Å²) in [6.07, 6.45) is 1.39. The fraction of sp³-hybridized carbons (Fsp3) is 0.316. The smallest absolute Gasteiger partial charge is 0.224 e. The highest BCUT2D eigenvalue weighted by Gasteiger charge is 2.30. The lowest BCUT2D eigenvalue weighted by Gasteiger charge is -2.24. The van der Waals surface area contributed by atoms with Gasteiger partial charge in [-0.05, 0) is 36.6 Å². The van der Waals surface area contributed by atoms with E-state index < -0.39 is 0 Å². The maximum Gasteiger partial charge on any atom is 0.224 e. The number of rotatable bonds is 4. The van der Waals surface area contributed by atoms with Gasteiger partial charge in [0.05, 0.1) is 0 Å². The molecule has 0 saturated carbocycles. The summed E-state index contributed by atoms with van der Waals surface area (Å²) in [5.41, 5.74) is 3.70. The van der Waals surface area contributed by atoms with Gasteiger partial charge >= 0.3 is 0 Å². The van der Waals surface area contributed by atoms with Gasteiger partial charge in [-0.15, -0.1) is 11.8 Å². The molecule has 120 valence electrons. The molecule has 1 aliphatic heterocycles. The molecule has 1 aliphatic rings. The van der Waals surface area contributed by atoms with Gasteiger partial charge in [-0.25, -0.2) is 0 Å². The normalized spacial score (nSPS) is 17.5. The molecule has 2 aromatic rings. The summed E-state index contributed by atoms with van der Waals surface area (Å²) in [7, 11) is 0. The Bertz CT molecular complexity index is 686. The Morgan fingerprint density at radius 1 is 1.26 bits per heavy atom. The number of thioether (sulfide) groups is 1. The predicted octanol–water partition coefficient (Wildman–Crippen LogP) is 4.96. The van der Waals surface area contributed by atoms with Crippen molar-refractivity contribution in [2.24, 2.45) is 0 Å². The minimum absolute atomic E-state index is 0.160. The second-order valence-electron chi connectivity index (χ2n) is 5.85. The molecule has 3 rings (SSSR count). The maximum atomic E-state index is 12.7. The standard InChI is InChI=1S/C19H20BrNOS/c1-14-3-2-4-15(13-14)5-10-18(22)21-11-12-23-19(21)16-6-8-17(20)9-7-16/h2-4,6-9,13,19H,5,10-12H2,1H3. The molecule has 23 heavy (non-hydrogen) atoms. The Morgan fingerprint density at radius 2 is 2.04 bits per heavy atom. The number of aryl methyl sites for hydroxylation is 2. The van der Waals surface area contributed by atoms with Gasteiger partial charge in [0.1, 0.15) is 5.37 Å². The highest BCUT2D eigenvalue weighted by atomic mass is 79.9. The summed E-state index contributed by atoms with van der Waals surface area (Å²) in [4.78, 5) is 14.7. The molecule has 2 nitrogen and oxygen atoms in total. The first-order valence-electron chi connectivity index (χ1n) is 7.85. The van der Waals surface area contributed by atoms with Gasteiger partial charge < -0.3 is 4.90 Å². The van der Waals surface area contributed by atoms with Crippen LogP contribution in [0.5, 0.6) is 0 Å². The Balaban J connectivity index is 1.65. The van der Waals surface area contributed by atoms with Crippen LogP contribution in [-0.2, 0) is 11.2 Å². The van der Waals surface area contributed by atoms with Crippen molar-refractivity contribution in [3.63, 3.8) is 0 Å². The fourth-order valence-corrected chi connectivity index (χ4v) is 4.43. The van der Waals surface area contributed by atoms with Crippen LogP contribution in [0.3, 0.4) is 0 Å². The zero-order chi connectivity index (χ0) is 16.2. The molecule has 0 spiro atoms. The first kappa shape index (κ1) is 16.6. The molecule has 1 fully saturated rings. The zero-order valence-electron chi connectivity index (χ0n) is 13.2. The Labute approximate surface area is 150 Å². The molecule has 1 atom stereocenters. The molecule has 1 unspecified atom stereocenters. The van der Waals surface area contributed by atoms with E-state index in [1.807, 2.05) is 28.8 Å². The topological polar surface area (TPSA) is 20.3 Å². The molecule has 0 bridgehead atoms. The van der Waals surface area contributed by atoms with Gasteiger partial charge in [-0.3, -0.25) is 4.79 Å². The van der Waals surface area contributed by atoms with E-state index in [0.29, 0.717) is 6.42 Å². The third kappa shape index (κ3) is 4.18. The molecule has 1 heterocycles. The average Bonchev–Trinajstić information content (AvgIpc) is 3.03. The number of nitrogens with zero attached hydrogens (tertiary/aromatic N) is 1. The minimum Gasteiger partial charge on any atom is -0.326 e. The number of amides is 1. The van der Waals surface area contributed by atoms with Gasteiger partial charge in [-0.2, -0.15) is 0 Å². The molecule has 4 heteroatoms. The molecule has 2 aromatic carbocycles. The summed E-state index contributed by atoms with van der Waals surface area (Å²) in [5, 5.41) is 0.160. The van der Waals surface area contributed by atoms with Crippen LogP contribution in [0.15, 0.2) is 53.0 Å². The van der Waals surface area contributed by atoms with Crippen molar-refractivity contribution in [3.05, 3.63) is 69.7 Å². The SMILES string of the molecule is Cc1cccc(CCC(=O)N2CCSC2c2ccc(Br)cc2)c1. The van der Waals surface area contributed by atoms with Crippen LogP contribution >= 0.6 is 27.7 Å². The number of benzene rings is 2. The van der Waals surface area contributed by atoms with Crippen LogP contribution in [0.2, 0.25) is 0 Å². The predicted molar refractivity (Wildman–Crippen MR) is 101 cm³/mol. The number of hydrogen-bond acceptors (Lipinski definition) is 2. The Kier molecular flexibility index (Phi) is 5.44. The van der Waals surface area contributed by atoms with E-state index in [2.05, 4.69) is 59.3 Å². The highest BCUT2D eigenvalue weighted by Crippen LogP contribution is 2.38. The quantitative estimate of drug-likeness (QED) is 0.735. The summed E-state index contributed by atoms with van der Waals surface area (Å²) in [6, 6.07) is 16.7. The number of halogens is 1. The van der Waals surface area contributed by atoms with E-state index in [4.69, 9.17) is 0 Å². The molecule has 0 aromatic heterocycles. The van der Waals surface area contributed by atoms with Gasteiger partial charge in [0, 0.05) is 23.2 Å². The van der Waals surface area contributed by atoms with Crippen molar-refractivity contribution in [3.8, 4) is 0 Å².